The summed E-state index contributed by atoms with van der Waals surface area (Å²) in [6, 6.07) is 27.6. The Hall–Kier alpha value is -5.42. The summed E-state index contributed by atoms with van der Waals surface area (Å²) in [6.07, 6.45) is 7.06. The van der Waals surface area contributed by atoms with E-state index in [0.29, 0.717) is 5.15 Å². The van der Waals surface area contributed by atoms with Gasteiger partial charge in [-0.1, -0.05) is 78.3 Å². The van der Waals surface area contributed by atoms with Crippen LogP contribution in [0.15, 0.2) is 96.5 Å². The third-order valence-corrected chi connectivity index (χ3v) is 10.3. The van der Waals surface area contributed by atoms with Crippen molar-refractivity contribution in [2.75, 3.05) is 18.4 Å². The molecule has 3 N–H and O–H groups in total. The molecule has 0 aliphatic carbocycles. The molecule has 254 valence electrons. The maximum absolute atomic E-state index is 6.25. The molecule has 10 rings (SSSR count). The molecule has 3 aliphatic heterocycles. The van der Waals surface area contributed by atoms with Gasteiger partial charge in [-0.2, -0.15) is 0 Å². The van der Waals surface area contributed by atoms with E-state index in [1.165, 1.54) is 51.1 Å². The number of aliphatic imine (C=N–C) groups is 1. The summed E-state index contributed by atoms with van der Waals surface area (Å²) in [5, 5.41) is 6.14. The highest BCUT2D eigenvalue weighted by molar-refractivity contribution is 6.34. The van der Waals surface area contributed by atoms with E-state index in [-0.39, 0.29) is 0 Å². The lowest BCUT2D eigenvalue weighted by molar-refractivity contribution is 0.245. The molecule has 0 saturated heterocycles. The second-order valence-corrected chi connectivity index (χ2v) is 13.8. The highest BCUT2D eigenvalue weighted by Gasteiger charge is 2.25. The molecule has 7 aromatic rings. The van der Waals surface area contributed by atoms with Crippen LogP contribution in [-0.2, 0) is 45.6 Å². The second-order valence-electron chi connectivity index (χ2n) is 13.4. The van der Waals surface area contributed by atoms with Crippen molar-refractivity contribution in [3.63, 3.8) is 0 Å². The first-order chi connectivity index (χ1) is 25.1. The van der Waals surface area contributed by atoms with Gasteiger partial charge >= 0.3 is 0 Å². The topological polar surface area (TPSA) is 114 Å². The lowest BCUT2D eigenvalue weighted by Crippen LogP contribution is -2.29. The van der Waals surface area contributed by atoms with Crippen LogP contribution in [-0.4, -0.2) is 59.0 Å². The number of hydrogen-bond acceptors (Lipinski definition) is 8. The molecule has 0 radical (unpaired) electrons. The van der Waals surface area contributed by atoms with E-state index in [9.17, 15) is 0 Å². The van der Waals surface area contributed by atoms with E-state index in [1.807, 2.05) is 6.21 Å². The van der Waals surface area contributed by atoms with Crippen molar-refractivity contribution in [2.45, 2.75) is 45.6 Å². The highest BCUT2D eigenvalue weighted by Crippen LogP contribution is 2.34. The van der Waals surface area contributed by atoms with Crippen molar-refractivity contribution in [1.29, 1.82) is 0 Å². The molecule has 0 bridgehead atoms. The number of hydrogen-bond donors (Lipinski definition) is 3. The van der Waals surface area contributed by atoms with Crippen LogP contribution in [0.1, 0.15) is 44.8 Å². The molecule has 0 amide bonds. The fraction of sp³-hybridized carbons (Fsp3) is 0.225. The number of aromatic amines is 2. The first kappa shape index (κ1) is 31.6. The summed E-state index contributed by atoms with van der Waals surface area (Å²) in [6.45, 7) is 6.54. The number of nitrogens with one attached hydrogen (secondary N) is 3. The summed E-state index contributed by atoms with van der Waals surface area (Å²) in [5.74, 6) is 0.856. The SMILES string of the molecule is C1=NCc2ccc(Nc3ncnc4[nH]c5c(c34)CN(Cc3ccccc3)CC5)cc21.Clc1ncnc2[nH]c3c(c12)CN(Cc1ccccc1)CC3. The first-order valence-electron chi connectivity index (χ1n) is 17.4. The van der Waals surface area contributed by atoms with Gasteiger partial charge < -0.3 is 15.3 Å². The molecule has 51 heavy (non-hydrogen) atoms. The molecule has 11 heteroatoms. The molecule has 7 heterocycles. The van der Waals surface area contributed by atoms with Crippen LogP contribution in [0.4, 0.5) is 11.5 Å². The molecule has 3 aliphatic rings. The van der Waals surface area contributed by atoms with Gasteiger partial charge in [0.2, 0.25) is 0 Å². The largest absolute Gasteiger partial charge is 0.343 e. The van der Waals surface area contributed by atoms with Crippen molar-refractivity contribution in [2.24, 2.45) is 4.99 Å². The molecule has 0 saturated carbocycles. The molecule has 4 aromatic heterocycles. The highest BCUT2D eigenvalue weighted by atomic mass is 35.5. The van der Waals surface area contributed by atoms with E-state index in [1.54, 1.807) is 6.33 Å². The minimum atomic E-state index is 0.541. The van der Waals surface area contributed by atoms with Crippen LogP contribution in [0.25, 0.3) is 22.1 Å². The van der Waals surface area contributed by atoms with E-state index < -0.39 is 0 Å². The first-order valence-corrected chi connectivity index (χ1v) is 17.8. The number of fused-ring (bicyclic) bond motifs is 7. The molecule has 0 unspecified atom stereocenters. The standard InChI is InChI=1S/C24H22N6.C16H15ClN4/c1-2-4-16(5-3-1)13-30-9-8-21-20(14-30)22-23(26-15-27-24(22)29-21)28-19-7-6-17-11-25-12-18(17)10-19;17-15-14-12-9-21(8-11-4-2-1-3-5-11)7-6-13(12)20-16(14)19-10-18-15/h1-7,10,12,15H,8-9,11,13-14H2,(H2,26,27,28,29);1-5,10H,6-9H2,(H,18,19,20). The lowest BCUT2D eigenvalue weighted by Gasteiger charge is -2.27. The Morgan fingerprint density at radius 2 is 1.29 bits per heavy atom. The van der Waals surface area contributed by atoms with Gasteiger partial charge in [0, 0.05) is 81.0 Å². The number of benzene rings is 3. The summed E-state index contributed by atoms with van der Waals surface area (Å²) in [4.78, 5) is 33.7. The van der Waals surface area contributed by atoms with Crippen molar-refractivity contribution >= 4 is 51.4 Å². The van der Waals surface area contributed by atoms with Gasteiger partial charge in [-0.05, 0) is 39.9 Å². The molecule has 0 spiro atoms. The van der Waals surface area contributed by atoms with Gasteiger partial charge in [-0.3, -0.25) is 14.8 Å². The number of H-pyrrole nitrogens is 2. The van der Waals surface area contributed by atoms with Gasteiger partial charge in [0.15, 0.2) is 0 Å². The van der Waals surface area contributed by atoms with Crippen molar-refractivity contribution < 1.29 is 0 Å². The second kappa shape index (κ2) is 13.7. The van der Waals surface area contributed by atoms with Crippen LogP contribution in [0.2, 0.25) is 5.15 Å². The lowest BCUT2D eigenvalue weighted by atomic mass is 10.0. The number of aromatic nitrogens is 6. The Labute approximate surface area is 300 Å². The van der Waals surface area contributed by atoms with E-state index in [2.05, 4.69) is 129 Å². The van der Waals surface area contributed by atoms with Gasteiger partial charge in [0.25, 0.3) is 0 Å². The summed E-state index contributed by atoms with van der Waals surface area (Å²) in [7, 11) is 0. The van der Waals surface area contributed by atoms with Gasteiger partial charge in [-0.25, -0.2) is 19.9 Å². The Morgan fingerprint density at radius 1 is 0.686 bits per heavy atom. The smallest absolute Gasteiger partial charge is 0.143 e. The van der Waals surface area contributed by atoms with Crippen LogP contribution in [0, 0.1) is 0 Å². The van der Waals surface area contributed by atoms with Crippen molar-refractivity contribution in [3.05, 3.63) is 141 Å². The summed E-state index contributed by atoms with van der Waals surface area (Å²) >= 11 is 6.25. The summed E-state index contributed by atoms with van der Waals surface area (Å²) < 4.78 is 0. The zero-order chi connectivity index (χ0) is 34.1. The number of anilines is 2. The fourth-order valence-electron chi connectivity index (χ4n) is 7.52. The normalized spacial score (nSPS) is 15.3. The van der Waals surface area contributed by atoms with E-state index >= 15 is 0 Å². The third kappa shape index (κ3) is 6.49. The van der Waals surface area contributed by atoms with Crippen molar-refractivity contribution in [1.82, 2.24) is 39.7 Å². The monoisotopic (exact) mass is 692 g/mol. The van der Waals surface area contributed by atoms with E-state index in [4.69, 9.17) is 11.6 Å². The van der Waals surface area contributed by atoms with Gasteiger partial charge in [0.05, 0.1) is 17.3 Å². The molecule has 0 fully saturated rings. The molecule has 10 nitrogen and oxygen atoms in total. The minimum Gasteiger partial charge on any atom is -0.343 e. The Kier molecular flexibility index (Phi) is 8.48. The number of rotatable bonds is 6. The summed E-state index contributed by atoms with van der Waals surface area (Å²) in [5.41, 5.74) is 13.0. The molecule has 0 atom stereocenters. The zero-order valence-electron chi connectivity index (χ0n) is 28.1. The predicted octanol–water partition coefficient (Wildman–Crippen LogP) is 7.36. The third-order valence-electron chi connectivity index (χ3n) is 10.0. The fourth-order valence-corrected chi connectivity index (χ4v) is 7.76. The van der Waals surface area contributed by atoms with Crippen LogP contribution < -0.4 is 5.32 Å². The Bertz CT molecular complexity index is 2370. The van der Waals surface area contributed by atoms with Crippen LogP contribution in [0.5, 0.6) is 0 Å². The number of nitrogens with zero attached hydrogens (tertiary/aromatic N) is 7. The zero-order valence-corrected chi connectivity index (χ0v) is 28.9. The maximum Gasteiger partial charge on any atom is 0.143 e. The minimum absolute atomic E-state index is 0.541. The molecular weight excluding hydrogens is 656 g/mol. The Balaban J connectivity index is 0.000000146. The average Bonchev–Trinajstić information content (AvgIpc) is 3.88. The van der Waals surface area contributed by atoms with Crippen LogP contribution in [0.3, 0.4) is 0 Å². The quantitative estimate of drug-likeness (QED) is 0.156. The molecular formula is C40H37ClN10. The van der Waals surface area contributed by atoms with Gasteiger partial charge in [0.1, 0.15) is 34.9 Å². The van der Waals surface area contributed by atoms with Crippen LogP contribution >= 0.6 is 11.6 Å². The predicted molar refractivity (Wildman–Crippen MR) is 202 cm³/mol. The Morgan fingerprint density at radius 3 is 1.96 bits per heavy atom. The van der Waals surface area contributed by atoms with Crippen molar-refractivity contribution in [3.8, 4) is 0 Å². The maximum atomic E-state index is 6.25. The molecule has 3 aromatic carbocycles. The van der Waals surface area contributed by atoms with Gasteiger partial charge in [-0.15, -0.1) is 0 Å². The average molecular weight is 693 g/mol. The number of halogens is 1. The van der Waals surface area contributed by atoms with E-state index in [0.717, 1.165) is 92.2 Å².